The van der Waals surface area contributed by atoms with Crippen molar-refractivity contribution >= 4 is 17.5 Å². The summed E-state index contributed by atoms with van der Waals surface area (Å²) in [7, 11) is 0. The molecule has 1 aliphatic heterocycles. The first-order valence-corrected chi connectivity index (χ1v) is 7.24. The number of rotatable bonds is 5. The van der Waals surface area contributed by atoms with Gasteiger partial charge in [-0.25, -0.2) is 4.98 Å². The minimum atomic E-state index is -0.468. The second kappa shape index (κ2) is 6.66. The predicted molar refractivity (Wildman–Crippen MR) is 81.2 cm³/mol. The van der Waals surface area contributed by atoms with Crippen LogP contribution in [0, 0.1) is 17.0 Å². The lowest BCUT2D eigenvalue weighted by molar-refractivity contribution is -0.385. The Bertz CT molecular complexity index is 516. The maximum Gasteiger partial charge on any atom is 0.332 e. The van der Waals surface area contributed by atoms with Crippen LogP contribution < -0.4 is 11.1 Å². The molecule has 8 heteroatoms. The average molecular weight is 294 g/mol. The van der Waals surface area contributed by atoms with Crippen molar-refractivity contribution in [1.82, 2.24) is 14.9 Å². The van der Waals surface area contributed by atoms with Crippen molar-refractivity contribution in [3.05, 3.63) is 15.8 Å². The summed E-state index contributed by atoms with van der Waals surface area (Å²) in [6.45, 7) is 6.56. The quantitative estimate of drug-likeness (QED) is 0.626. The molecule has 1 aliphatic rings. The van der Waals surface area contributed by atoms with Gasteiger partial charge in [-0.2, -0.15) is 4.98 Å². The molecule has 116 valence electrons. The molecule has 1 atom stereocenters. The van der Waals surface area contributed by atoms with Crippen molar-refractivity contribution in [3.63, 3.8) is 0 Å². The zero-order valence-electron chi connectivity index (χ0n) is 12.5. The van der Waals surface area contributed by atoms with Crippen LogP contribution in [-0.4, -0.2) is 45.5 Å². The summed E-state index contributed by atoms with van der Waals surface area (Å²) in [5, 5.41) is 14.3. The number of nitrogens with two attached hydrogens (primary N) is 1. The highest BCUT2D eigenvalue weighted by Gasteiger charge is 2.23. The minimum Gasteiger partial charge on any atom is -0.368 e. The van der Waals surface area contributed by atoms with E-state index in [4.69, 9.17) is 5.73 Å². The lowest BCUT2D eigenvalue weighted by Gasteiger charge is -2.29. The molecule has 1 aromatic heterocycles. The van der Waals surface area contributed by atoms with Gasteiger partial charge in [0.05, 0.1) is 4.92 Å². The highest BCUT2D eigenvalue weighted by atomic mass is 16.6. The Morgan fingerprint density at radius 1 is 1.38 bits per heavy atom. The Labute approximate surface area is 123 Å². The van der Waals surface area contributed by atoms with Crippen LogP contribution in [0.2, 0.25) is 0 Å². The second-order valence-corrected chi connectivity index (χ2v) is 5.53. The molecule has 1 saturated heterocycles. The molecule has 8 nitrogen and oxygen atoms in total. The molecule has 0 amide bonds. The van der Waals surface area contributed by atoms with Crippen LogP contribution >= 0.6 is 0 Å². The number of nitrogen functional groups attached to an aromatic ring is 1. The van der Waals surface area contributed by atoms with Crippen molar-refractivity contribution in [3.8, 4) is 0 Å². The van der Waals surface area contributed by atoms with E-state index in [2.05, 4.69) is 20.2 Å². The topological polar surface area (TPSA) is 110 Å². The number of hydrogen-bond donors (Lipinski definition) is 2. The van der Waals surface area contributed by atoms with Gasteiger partial charge < -0.3 is 16.0 Å². The highest BCUT2D eigenvalue weighted by molar-refractivity contribution is 5.60. The van der Waals surface area contributed by atoms with Crippen molar-refractivity contribution < 1.29 is 4.92 Å². The molecular formula is C13H22N6O2. The molecule has 2 rings (SSSR count). The third-order valence-corrected chi connectivity index (χ3v) is 3.62. The van der Waals surface area contributed by atoms with Crippen molar-refractivity contribution in [2.75, 3.05) is 30.7 Å². The van der Waals surface area contributed by atoms with Gasteiger partial charge in [0.2, 0.25) is 11.8 Å². The van der Waals surface area contributed by atoms with Crippen molar-refractivity contribution in [1.29, 1.82) is 0 Å². The average Bonchev–Trinajstić information content (AvgIpc) is 2.38. The summed E-state index contributed by atoms with van der Waals surface area (Å²) in [4.78, 5) is 20.9. The van der Waals surface area contributed by atoms with E-state index in [1.807, 2.05) is 6.92 Å². The molecule has 0 aliphatic carbocycles. The first kappa shape index (κ1) is 15.4. The smallest absolute Gasteiger partial charge is 0.332 e. The second-order valence-electron chi connectivity index (χ2n) is 5.53. The molecule has 2 heterocycles. The SMILES string of the molecule is Cc1nc(N)nc(NC(C)CN2CCCCC2)c1[N+](=O)[O-]. The normalized spacial score (nSPS) is 17.4. The third kappa shape index (κ3) is 4.01. The predicted octanol–water partition coefficient (Wildman–Crippen LogP) is 1.56. The molecule has 0 bridgehead atoms. The maximum absolute atomic E-state index is 11.2. The van der Waals surface area contributed by atoms with Crippen LogP contribution in [0.25, 0.3) is 0 Å². The number of likely N-dealkylation sites (tertiary alicyclic amines) is 1. The van der Waals surface area contributed by atoms with Gasteiger partial charge in [-0.15, -0.1) is 0 Å². The van der Waals surface area contributed by atoms with Crippen molar-refractivity contribution in [2.24, 2.45) is 0 Å². The van der Waals surface area contributed by atoms with Gasteiger partial charge >= 0.3 is 5.69 Å². The zero-order chi connectivity index (χ0) is 15.4. The van der Waals surface area contributed by atoms with Crippen LogP contribution in [0.1, 0.15) is 31.9 Å². The largest absolute Gasteiger partial charge is 0.368 e. The van der Waals surface area contributed by atoms with E-state index in [0.29, 0.717) is 0 Å². The third-order valence-electron chi connectivity index (χ3n) is 3.62. The molecule has 3 N–H and O–H groups in total. The highest BCUT2D eigenvalue weighted by Crippen LogP contribution is 2.26. The number of nitrogens with zero attached hydrogens (tertiary/aromatic N) is 4. The lowest BCUT2D eigenvalue weighted by Crippen LogP contribution is -2.38. The number of aromatic nitrogens is 2. The number of piperidine rings is 1. The molecular weight excluding hydrogens is 272 g/mol. The Kier molecular flexibility index (Phi) is 4.89. The fourth-order valence-electron chi connectivity index (χ4n) is 2.72. The van der Waals surface area contributed by atoms with E-state index in [1.54, 1.807) is 6.92 Å². The van der Waals surface area contributed by atoms with Gasteiger partial charge in [0.25, 0.3) is 0 Å². The first-order valence-electron chi connectivity index (χ1n) is 7.24. The number of anilines is 2. The van der Waals surface area contributed by atoms with Crippen LogP contribution in [0.5, 0.6) is 0 Å². The number of aryl methyl sites for hydroxylation is 1. The lowest BCUT2D eigenvalue weighted by atomic mass is 10.1. The van der Waals surface area contributed by atoms with E-state index in [1.165, 1.54) is 19.3 Å². The van der Waals surface area contributed by atoms with Crippen molar-refractivity contribution in [2.45, 2.75) is 39.2 Å². The molecule has 1 unspecified atom stereocenters. The van der Waals surface area contributed by atoms with Crippen LogP contribution in [0.4, 0.5) is 17.5 Å². The standard InChI is InChI=1S/C13H22N6O2/c1-9(8-18-6-4-3-5-7-18)15-12-11(19(20)21)10(2)16-13(14)17-12/h9H,3-8H2,1-2H3,(H3,14,15,16,17). The summed E-state index contributed by atoms with van der Waals surface area (Å²) in [6.07, 6.45) is 3.71. The van der Waals surface area contributed by atoms with Gasteiger partial charge in [0.1, 0.15) is 5.69 Å². The first-order chi connectivity index (χ1) is 9.97. The summed E-state index contributed by atoms with van der Waals surface area (Å²) < 4.78 is 0. The van der Waals surface area contributed by atoms with E-state index >= 15 is 0 Å². The van der Waals surface area contributed by atoms with E-state index in [-0.39, 0.29) is 29.2 Å². The van der Waals surface area contributed by atoms with Gasteiger partial charge in [0, 0.05) is 12.6 Å². The minimum absolute atomic E-state index is 0.0470. The van der Waals surface area contributed by atoms with Gasteiger partial charge in [0.15, 0.2) is 0 Å². The Morgan fingerprint density at radius 2 is 2.05 bits per heavy atom. The molecule has 1 aromatic rings. The number of nitrogens with one attached hydrogen (secondary N) is 1. The summed E-state index contributed by atoms with van der Waals surface area (Å²) in [6, 6.07) is 0.0514. The molecule has 1 fully saturated rings. The Hall–Kier alpha value is -1.96. The fourth-order valence-corrected chi connectivity index (χ4v) is 2.72. The molecule has 0 spiro atoms. The summed E-state index contributed by atoms with van der Waals surface area (Å²) >= 11 is 0. The number of hydrogen-bond acceptors (Lipinski definition) is 7. The molecule has 21 heavy (non-hydrogen) atoms. The molecule has 0 radical (unpaired) electrons. The fraction of sp³-hybridized carbons (Fsp3) is 0.692. The van der Waals surface area contributed by atoms with Crippen LogP contribution in [-0.2, 0) is 0 Å². The van der Waals surface area contributed by atoms with E-state index < -0.39 is 4.92 Å². The number of nitro groups is 1. The molecule has 0 aromatic carbocycles. The van der Waals surface area contributed by atoms with Gasteiger partial charge in [-0.3, -0.25) is 10.1 Å². The van der Waals surface area contributed by atoms with Gasteiger partial charge in [-0.1, -0.05) is 6.42 Å². The van der Waals surface area contributed by atoms with Crippen LogP contribution in [0.3, 0.4) is 0 Å². The van der Waals surface area contributed by atoms with E-state index in [0.717, 1.165) is 19.6 Å². The monoisotopic (exact) mass is 294 g/mol. The van der Waals surface area contributed by atoms with E-state index in [9.17, 15) is 10.1 Å². The zero-order valence-corrected chi connectivity index (χ0v) is 12.5. The summed E-state index contributed by atoms with van der Waals surface area (Å²) in [5.41, 5.74) is 5.77. The summed E-state index contributed by atoms with van der Waals surface area (Å²) in [5.74, 6) is 0.250. The Morgan fingerprint density at radius 3 is 2.67 bits per heavy atom. The van der Waals surface area contributed by atoms with Crippen LogP contribution in [0.15, 0.2) is 0 Å². The van der Waals surface area contributed by atoms with Gasteiger partial charge in [-0.05, 0) is 39.8 Å². The Balaban J connectivity index is 2.08. The maximum atomic E-state index is 11.2. The molecule has 0 saturated carbocycles.